The summed E-state index contributed by atoms with van der Waals surface area (Å²) in [7, 11) is 0. The van der Waals surface area contributed by atoms with Crippen molar-refractivity contribution < 1.29 is 14.7 Å². The van der Waals surface area contributed by atoms with Crippen LogP contribution in [0.4, 0.5) is 11.4 Å². The van der Waals surface area contributed by atoms with Gasteiger partial charge in [0, 0.05) is 49.8 Å². The van der Waals surface area contributed by atoms with Crippen LogP contribution < -0.4 is 9.80 Å². The average molecular weight is 288 g/mol. The molecule has 2 aliphatic rings. The third kappa shape index (κ3) is 2.53. The fourth-order valence-electron chi connectivity index (χ4n) is 3.17. The minimum atomic E-state index is 0.0256. The highest BCUT2D eigenvalue weighted by atomic mass is 16.3. The lowest BCUT2D eigenvalue weighted by atomic mass is 10.1. The summed E-state index contributed by atoms with van der Waals surface area (Å²) in [6, 6.07) is 5.78. The predicted octanol–water partition coefficient (Wildman–Crippen LogP) is 1.47. The smallest absolute Gasteiger partial charge is 0.227 e. The second-order valence-corrected chi connectivity index (χ2v) is 5.88. The number of carbonyl (C=O) groups is 2. The molecule has 0 spiro atoms. The Bertz CT molecular complexity index is 585. The molecule has 1 aromatic rings. The van der Waals surface area contributed by atoms with Crippen molar-refractivity contribution in [1.82, 2.24) is 0 Å². The molecule has 2 aliphatic heterocycles. The van der Waals surface area contributed by atoms with Crippen LogP contribution in [0.2, 0.25) is 0 Å². The molecule has 1 N–H and O–H groups in total. The molecule has 0 saturated carbocycles. The van der Waals surface area contributed by atoms with Gasteiger partial charge in [-0.2, -0.15) is 0 Å². The van der Waals surface area contributed by atoms with Gasteiger partial charge in [-0.05, 0) is 37.1 Å². The van der Waals surface area contributed by atoms with Gasteiger partial charge >= 0.3 is 0 Å². The number of amides is 2. The number of hydrogen-bond acceptors (Lipinski definition) is 3. The van der Waals surface area contributed by atoms with E-state index < -0.39 is 0 Å². The number of aliphatic hydroxyl groups excluding tert-OH is 1. The zero-order valence-corrected chi connectivity index (χ0v) is 12.2. The van der Waals surface area contributed by atoms with E-state index in [2.05, 4.69) is 0 Å². The summed E-state index contributed by atoms with van der Waals surface area (Å²) in [6.07, 6.45) is 1.93. The maximum absolute atomic E-state index is 12.0. The van der Waals surface area contributed by atoms with Gasteiger partial charge in [-0.25, -0.2) is 0 Å². The minimum absolute atomic E-state index is 0.0256. The SMILES string of the molecule is Cc1cc(N2CC(CO)CC2=O)ccc1N1CCCC1=O. The van der Waals surface area contributed by atoms with E-state index >= 15 is 0 Å². The summed E-state index contributed by atoms with van der Waals surface area (Å²) in [6.45, 7) is 3.35. The molecule has 5 heteroatoms. The van der Waals surface area contributed by atoms with Crippen molar-refractivity contribution in [2.75, 3.05) is 29.5 Å². The number of anilines is 2. The van der Waals surface area contributed by atoms with Gasteiger partial charge in [0.25, 0.3) is 0 Å². The molecular formula is C16H20N2O3. The normalized spacial score (nSPS) is 22.5. The fourth-order valence-corrected chi connectivity index (χ4v) is 3.17. The monoisotopic (exact) mass is 288 g/mol. The molecule has 1 atom stereocenters. The van der Waals surface area contributed by atoms with Crippen LogP contribution in [0.15, 0.2) is 18.2 Å². The molecule has 3 rings (SSSR count). The quantitative estimate of drug-likeness (QED) is 0.916. The maximum Gasteiger partial charge on any atom is 0.227 e. The third-order valence-electron chi connectivity index (χ3n) is 4.32. The van der Waals surface area contributed by atoms with E-state index in [-0.39, 0.29) is 24.3 Å². The summed E-state index contributed by atoms with van der Waals surface area (Å²) >= 11 is 0. The van der Waals surface area contributed by atoms with Crippen LogP contribution in [0.25, 0.3) is 0 Å². The molecule has 0 aromatic heterocycles. The van der Waals surface area contributed by atoms with Gasteiger partial charge in [0.2, 0.25) is 11.8 Å². The van der Waals surface area contributed by atoms with E-state index in [0.717, 1.165) is 29.9 Å². The number of benzene rings is 1. The Hall–Kier alpha value is -1.88. The van der Waals surface area contributed by atoms with Gasteiger partial charge in [0.15, 0.2) is 0 Å². The average Bonchev–Trinajstić information content (AvgIpc) is 3.05. The molecule has 2 heterocycles. The van der Waals surface area contributed by atoms with Crippen molar-refractivity contribution in [2.24, 2.45) is 5.92 Å². The molecule has 112 valence electrons. The van der Waals surface area contributed by atoms with E-state index in [1.54, 1.807) is 4.90 Å². The van der Waals surface area contributed by atoms with Crippen molar-refractivity contribution in [3.05, 3.63) is 23.8 Å². The topological polar surface area (TPSA) is 60.9 Å². The number of nitrogens with zero attached hydrogens (tertiary/aromatic N) is 2. The Labute approximate surface area is 124 Å². The summed E-state index contributed by atoms with van der Waals surface area (Å²) in [5.74, 6) is 0.250. The zero-order chi connectivity index (χ0) is 15.0. The largest absolute Gasteiger partial charge is 0.396 e. The molecule has 0 radical (unpaired) electrons. The molecule has 0 aliphatic carbocycles. The summed E-state index contributed by atoms with van der Waals surface area (Å²) < 4.78 is 0. The van der Waals surface area contributed by atoms with E-state index in [4.69, 9.17) is 0 Å². The highest BCUT2D eigenvalue weighted by Gasteiger charge is 2.30. The summed E-state index contributed by atoms with van der Waals surface area (Å²) in [5.41, 5.74) is 2.79. The first-order valence-electron chi connectivity index (χ1n) is 7.42. The molecule has 5 nitrogen and oxygen atoms in total. The highest BCUT2D eigenvalue weighted by Crippen LogP contribution is 2.31. The third-order valence-corrected chi connectivity index (χ3v) is 4.32. The van der Waals surface area contributed by atoms with Crippen molar-refractivity contribution in [2.45, 2.75) is 26.2 Å². The first-order chi connectivity index (χ1) is 10.1. The van der Waals surface area contributed by atoms with E-state index in [0.29, 0.717) is 19.4 Å². The molecule has 0 bridgehead atoms. The molecule has 2 amide bonds. The lowest BCUT2D eigenvalue weighted by Crippen LogP contribution is -2.26. The lowest BCUT2D eigenvalue weighted by molar-refractivity contribution is -0.118. The van der Waals surface area contributed by atoms with Crippen LogP contribution in [0.3, 0.4) is 0 Å². The lowest BCUT2D eigenvalue weighted by Gasteiger charge is -2.22. The van der Waals surface area contributed by atoms with Gasteiger partial charge in [-0.1, -0.05) is 0 Å². The van der Waals surface area contributed by atoms with Crippen LogP contribution in [0.5, 0.6) is 0 Å². The first-order valence-corrected chi connectivity index (χ1v) is 7.42. The molecule has 21 heavy (non-hydrogen) atoms. The van der Waals surface area contributed by atoms with E-state index in [1.807, 2.05) is 30.0 Å². The molecular weight excluding hydrogens is 268 g/mol. The first kappa shape index (κ1) is 14.1. The Morgan fingerprint density at radius 2 is 2.05 bits per heavy atom. The maximum atomic E-state index is 12.0. The van der Waals surface area contributed by atoms with Crippen LogP contribution in [0.1, 0.15) is 24.8 Å². The standard InChI is InChI=1S/C16H20N2O3/c1-11-7-13(18-9-12(10-19)8-16(18)21)4-5-14(11)17-6-2-3-15(17)20/h4-5,7,12,19H,2-3,6,8-10H2,1H3. The summed E-state index contributed by atoms with van der Waals surface area (Å²) in [5, 5.41) is 9.20. The van der Waals surface area contributed by atoms with Gasteiger partial charge < -0.3 is 14.9 Å². The van der Waals surface area contributed by atoms with Crippen molar-refractivity contribution >= 4 is 23.2 Å². The second kappa shape index (κ2) is 5.48. The number of hydrogen-bond donors (Lipinski definition) is 1. The Morgan fingerprint density at radius 3 is 2.62 bits per heavy atom. The van der Waals surface area contributed by atoms with Gasteiger partial charge in [0.05, 0.1) is 0 Å². The molecule has 2 saturated heterocycles. The Morgan fingerprint density at radius 1 is 1.24 bits per heavy atom. The minimum Gasteiger partial charge on any atom is -0.396 e. The Balaban J connectivity index is 1.84. The highest BCUT2D eigenvalue weighted by molar-refractivity contribution is 5.98. The summed E-state index contributed by atoms with van der Waals surface area (Å²) in [4.78, 5) is 27.4. The van der Waals surface area contributed by atoms with Gasteiger partial charge in [-0.15, -0.1) is 0 Å². The fraction of sp³-hybridized carbons (Fsp3) is 0.500. The van der Waals surface area contributed by atoms with Crippen LogP contribution in [0, 0.1) is 12.8 Å². The van der Waals surface area contributed by atoms with Crippen LogP contribution >= 0.6 is 0 Å². The zero-order valence-electron chi connectivity index (χ0n) is 12.2. The molecule has 1 aromatic carbocycles. The van der Waals surface area contributed by atoms with Crippen LogP contribution in [-0.2, 0) is 9.59 Å². The van der Waals surface area contributed by atoms with Crippen molar-refractivity contribution in [3.8, 4) is 0 Å². The second-order valence-electron chi connectivity index (χ2n) is 5.88. The Kier molecular flexibility index (Phi) is 3.68. The predicted molar refractivity (Wildman–Crippen MR) is 80.3 cm³/mol. The van der Waals surface area contributed by atoms with Crippen molar-refractivity contribution in [1.29, 1.82) is 0 Å². The number of aryl methyl sites for hydroxylation is 1. The number of rotatable bonds is 3. The molecule has 1 unspecified atom stereocenters. The van der Waals surface area contributed by atoms with Crippen LogP contribution in [-0.4, -0.2) is 36.6 Å². The van der Waals surface area contributed by atoms with E-state index in [1.165, 1.54) is 0 Å². The van der Waals surface area contributed by atoms with Gasteiger partial charge in [-0.3, -0.25) is 9.59 Å². The van der Waals surface area contributed by atoms with Crippen molar-refractivity contribution in [3.63, 3.8) is 0 Å². The number of aliphatic hydroxyl groups is 1. The van der Waals surface area contributed by atoms with Gasteiger partial charge in [0.1, 0.15) is 0 Å². The van der Waals surface area contributed by atoms with E-state index in [9.17, 15) is 14.7 Å². The number of carbonyl (C=O) groups excluding carboxylic acids is 2. The molecule has 2 fully saturated rings.